The van der Waals surface area contributed by atoms with Crippen molar-refractivity contribution in [2.75, 3.05) is 32.1 Å². The van der Waals surface area contributed by atoms with Crippen molar-refractivity contribution in [1.29, 1.82) is 0 Å². The van der Waals surface area contributed by atoms with Crippen LogP contribution in [0.4, 0.5) is 0 Å². The van der Waals surface area contributed by atoms with Crippen molar-refractivity contribution >= 4 is 15.9 Å². The van der Waals surface area contributed by atoms with Crippen molar-refractivity contribution in [2.24, 2.45) is 0 Å². The quantitative estimate of drug-likeness (QED) is 0.686. The summed E-state index contributed by atoms with van der Waals surface area (Å²) in [5, 5.41) is 6.99. The van der Waals surface area contributed by atoms with E-state index < -0.39 is 10.0 Å². The Balaban J connectivity index is 1.28. The third kappa shape index (κ3) is 5.69. The minimum atomic E-state index is -3.32. The van der Waals surface area contributed by atoms with Gasteiger partial charge in [-0.1, -0.05) is 5.16 Å². The van der Waals surface area contributed by atoms with Crippen LogP contribution in [-0.4, -0.2) is 66.9 Å². The number of aromatic nitrogens is 2. The first-order valence-corrected chi connectivity index (χ1v) is 12.3. The standard InChI is InChI=1S/C21H28N4O5S/c26-21(23-18-2-1-12-29-15-18)20-14-19(24-30-20)17-5-10-25(11-6-17)31(27,28)13-7-16-3-8-22-9-4-16/h3-4,8-9,14,17-18H,1-2,5-7,10-13,15H2,(H,23,26)/t18-/m0/s1. The highest BCUT2D eigenvalue weighted by Crippen LogP contribution is 2.29. The van der Waals surface area contributed by atoms with Crippen molar-refractivity contribution in [2.45, 2.75) is 44.1 Å². The van der Waals surface area contributed by atoms with Crippen molar-refractivity contribution < 1.29 is 22.5 Å². The summed E-state index contributed by atoms with van der Waals surface area (Å²) in [7, 11) is -3.32. The smallest absolute Gasteiger partial charge is 0.290 e. The van der Waals surface area contributed by atoms with Gasteiger partial charge < -0.3 is 14.6 Å². The van der Waals surface area contributed by atoms with Crippen LogP contribution in [0.1, 0.15) is 53.4 Å². The first-order chi connectivity index (χ1) is 15.0. The van der Waals surface area contributed by atoms with Gasteiger partial charge in [0.25, 0.3) is 5.91 Å². The molecular weight excluding hydrogens is 420 g/mol. The van der Waals surface area contributed by atoms with E-state index in [1.807, 2.05) is 12.1 Å². The van der Waals surface area contributed by atoms with Crippen LogP contribution in [-0.2, 0) is 21.2 Å². The van der Waals surface area contributed by atoms with Crippen LogP contribution in [0.2, 0.25) is 0 Å². The Labute approximate surface area is 182 Å². The molecular formula is C21H28N4O5S. The highest BCUT2D eigenvalue weighted by atomic mass is 32.2. The number of sulfonamides is 1. The van der Waals surface area contributed by atoms with E-state index in [9.17, 15) is 13.2 Å². The van der Waals surface area contributed by atoms with Gasteiger partial charge in [0, 0.05) is 44.1 Å². The van der Waals surface area contributed by atoms with E-state index >= 15 is 0 Å². The molecule has 168 valence electrons. The fraction of sp³-hybridized carbons (Fsp3) is 0.571. The Hall–Kier alpha value is -2.30. The summed E-state index contributed by atoms with van der Waals surface area (Å²) < 4.78 is 37.6. The van der Waals surface area contributed by atoms with Crippen LogP contribution in [0.3, 0.4) is 0 Å². The maximum Gasteiger partial charge on any atom is 0.290 e. The van der Waals surface area contributed by atoms with Gasteiger partial charge in [-0.15, -0.1) is 0 Å². The lowest BCUT2D eigenvalue weighted by atomic mass is 9.94. The molecule has 0 radical (unpaired) electrons. The number of rotatable bonds is 7. The van der Waals surface area contributed by atoms with Crippen molar-refractivity contribution in [1.82, 2.24) is 19.8 Å². The van der Waals surface area contributed by atoms with Gasteiger partial charge in [0.2, 0.25) is 15.8 Å². The van der Waals surface area contributed by atoms with Gasteiger partial charge >= 0.3 is 0 Å². The predicted octanol–water partition coefficient (Wildman–Crippen LogP) is 1.73. The number of nitrogens with one attached hydrogen (secondary N) is 1. The molecule has 1 atom stereocenters. The molecule has 4 heterocycles. The molecule has 0 saturated carbocycles. The first kappa shape index (κ1) is 21.9. The van der Waals surface area contributed by atoms with Gasteiger partial charge in [-0.3, -0.25) is 9.78 Å². The predicted molar refractivity (Wildman–Crippen MR) is 113 cm³/mol. The number of hydrogen-bond donors (Lipinski definition) is 1. The van der Waals surface area contributed by atoms with E-state index in [0.717, 1.165) is 25.0 Å². The summed E-state index contributed by atoms with van der Waals surface area (Å²) in [4.78, 5) is 16.3. The van der Waals surface area contributed by atoms with E-state index in [4.69, 9.17) is 9.26 Å². The highest BCUT2D eigenvalue weighted by Gasteiger charge is 2.30. The molecule has 10 heteroatoms. The van der Waals surface area contributed by atoms with Crippen molar-refractivity contribution in [3.8, 4) is 0 Å². The summed E-state index contributed by atoms with van der Waals surface area (Å²) >= 11 is 0. The third-order valence-electron chi connectivity index (χ3n) is 5.91. The molecule has 1 N–H and O–H groups in total. The zero-order chi connectivity index (χ0) is 21.7. The average molecular weight is 449 g/mol. The normalized spacial score (nSPS) is 21.1. The molecule has 0 bridgehead atoms. The van der Waals surface area contributed by atoms with Crippen LogP contribution in [0.15, 0.2) is 35.1 Å². The van der Waals surface area contributed by atoms with Crippen LogP contribution in [0.5, 0.6) is 0 Å². The number of aryl methyl sites for hydroxylation is 1. The number of carbonyl (C=O) groups is 1. The lowest BCUT2D eigenvalue weighted by molar-refractivity contribution is 0.0608. The number of amides is 1. The lowest BCUT2D eigenvalue weighted by Crippen LogP contribution is -2.40. The number of pyridine rings is 1. The van der Waals surface area contributed by atoms with E-state index in [-0.39, 0.29) is 29.4 Å². The Morgan fingerprint density at radius 1 is 1.19 bits per heavy atom. The number of ether oxygens (including phenoxy) is 1. The fourth-order valence-corrected chi connectivity index (χ4v) is 5.57. The zero-order valence-corrected chi connectivity index (χ0v) is 18.2. The van der Waals surface area contributed by atoms with Crippen molar-refractivity contribution in [3.05, 3.63) is 47.6 Å². The molecule has 2 aromatic rings. The lowest BCUT2D eigenvalue weighted by Gasteiger charge is -2.30. The zero-order valence-electron chi connectivity index (χ0n) is 17.4. The highest BCUT2D eigenvalue weighted by molar-refractivity contribution is 7.89. The van der Waals surface area contributed by atoms with Gasteiger partial charge in [-0.05, 0) is 49.8 Å². The molecule has 9 nitrogen and oxygen atoms in total. The third-order valence-corrected chi connectivity index (χ3v) is 7.78. The molecule has 31 heavy (non-hydrogen) atoms. The van der Waals surface area contributed by atoms with Gasteiger partial charge in [-0.2, -0.15) is 0 Å². The largest absolute Gasteiger partial charge is 0.379 e. The molecule has 2 aliphatic rings. The second-order valence-electron chi connectivity index (χ2n) is 8.10. The second kappa shape index (κ2) is 9.88. The summed E-state index contributed by atoms with van der Waals surface area (Å²) in [5.41, 5.74) is 1.67. The number of hydrogen-bond acceptors (Lipinski definition) is 7. The molecule has 2 aromatic heterocycles. The molecule has 0 aromatic carbocycles. The van der Waals surface area contributed by atoms with Gasteiger partial charge in [-0.25, -0.2) is 12.7 Å². The number of carbonyl (C=O) groups excluding carboxylic acids is 1. The topological polar surface area (TPSA) is 115 Å². The fourth-order valence-electron chi connectivity index (χ4n) is 4.05. The van der Waals surface area contributed by atoms with E-state index in [1.165, 1.54) is 0 Å². The van der Waals surface area contributed by atoms with Crippen LogP contribution in [0, 0.1) is 0 Å². The Bertz CT molecular complexity index is 965. The maximum absolute atomic E-state index is 12.7. The monoisotopic (exact) mass is 448 g/mol. The van der Waals surface area contributed by atoms with Gasteiger partial charge in [0.15, 0.2) is 0 Å². The van der Waals surface area contributed by atoms with Crippen molar-refractivity contribution in [3.63, 3.8) is 0 Å². The average Bonchev–Trinajstić information content (AvgIpc) is 3.30. The Morgan fingerprint density at radius 3 is 2.68 bits per heavy atom. The Morgan fingerprint density at radius 2 is 1.97 bits per heavy atom. The Kier molecular flexibility index (Phi) is 6.99. The number of nitrogens with zero attached hydrogens (tertiary/aromatic N) is 3. The minimum Gasteiger partial charge on any atom is -0.379 e. The molecule has 0 spiro atoms. The summed E-state index contributed by atoms with van der Waals surface area (Å²) in [6.45, 7) is 2.13. The van der Waals surface area contributed by atoms with Crippen LogP contribution >= 0.6 is 0 Å². The van der Waals surface area contributed by atoms with Gasteiger partial charge in [0.1, 0.15) is 0 Å². The molecule has 2 aliphatic heterocycles. The first-order valence-electron chi connectivity index (χ1n) is 10.7. The van der Waals surface area contributed by atoms with Crippen LogP contribution in [0.25, 0.3) is 0 Å². The summed E-state index contributed by atoms with van der Waals surface area (Å²) in [5.74, 6) is 0.0641. The molecule has 1 amide bonds. The van der Waals surface area contributed by atoms with E-state index in [1.54, 1.807) is 22.8 Å². The second-order valence-corrected chi connectivity index (χ2v) is 10.2. The summed E-state index contributed by atoms with van der Waals surface area (Å²) in [6, 6.07) is 5.34. The van der Waals surface area contributed by atoms with E-state index in [2.05, 4.69) is 15.5 Å². The molecule has 4 rings (SSSR count). The summed E-state index contributed by atoms with van der Waals surface area (Å²) in [6.07, 6.45) is 6.93. The minimum absolute atomic E-state index is 0.00426. The molecule has 2 saturated heterocycles. The number of piperidine rings is 1. The van der Waals surface area contributed by atoms with E-state index in [0.29, 0.717) is 44.7 Å². The van der Waals surface area contributed by atoms with Crippen LogP contribution < -0.4 is 5.32 Å². The van der Waals surface area contributed by atoms with Gasteiger partial charge in [0.05, 0.1) is 24.1 Å². The maximum atomic E-state index is 12.7. The molecule has 0 aliphatic carbocycles. The molecule has 2 fully saturated rings. The molecule has 0 unspecified atom stereocenters. The SMILES string of the molecule is O=C(N[C@H]1CCCOC1)c1cc(C2CCN(S(=O)(=O)CCc3ccncc3)CC2)no1.